The van der Waals surface area contributed by atoms with Gasteiger partial charge in [-0.2, -0.15) is 5.10 Å². The highest BCUT2D eigenvalue weighted by Gasteiger charge is 2.12. The maximum absolute atomic E-state index is 12.0. The Morgan fingerprint density at radius 1 is 0.929 bits per heavy atom. The predicted octanol–water partition coefficient (Wildman–Crippen LogP) is 4.27. The number of carbonyl (C=O) groups is 2. The third-order valence-corrected chi connectivity index (χ3v) is 4.43. The molecule has 0 aliphatic rings. The molecular weight excluding hydrogens is 350 g/mol. The number of fused-ring (bicyclic) bond motifs is 1. The summed E-state index contributed by atoms with van der Waals surface area (Å²) in [5.41, 5.74) is 4.93. The molecule has 0 heterocycles. The molecule has 0 radical (unpaired) electrons. The standard InChI is InChI=1S/C23H23N3O2/c1-2-3-7-17-12-14-20(15-13-17)25-22(27)23(28)26-24-16-19-10-6-9-18-8-4-5-11-21(18)19/h4-6,8-16H,2-3,7H2,1H3,(H,25,27)(H,26,28)/b24-16+. The Bertz CT molecular complexity index is 989. The van der Waals surface area contributed by atoms with Gasteiger partial charge in [-0.1, -0.05) is 67.9 Å². The van der Waals surface area contributed by atoms with Crippen molar-refractivity contribution in [2.75, 3.05) is 5.32 Å². The van der Waals surface area contributed by atoms with E-state index in [1.165, 1.54) is 11.8 Å². The normalized spacial score (nSPS) is 10.9. The number of rotatable bonds is 6. The van der Waals surface area contributed by atoms with Crippen LogP contribution >= 0.6 is 0 Å². The van der Waals surface area contributed by atoms with E-state index >= 15 is 0 Å². The molecular formula is C23H23N3O2. The molecule has 2 N–H and O–H groups in total. The third kappa shape index (κ3) is 5.04. The Labute approximate surface area is 164 Å². The van der Waals surface area contributed by atoms with E-state index < -0.39 is 11.8 Å². The number of hydrazone groups is 1. The fourth-order valence-electron chi connectivity index (χ4n) is 2.90. The van der Waals surface area contributed by atoms with E-state index in [1.54, 1.807) is 12.1 Å². The molecule has 0 bridgehead atoms. The topological polar surface area (TPSA) is 70.6 Å². The minimum Gasteiger partial charge on any atom is -0.318 e. The van der Waals surface area contributed by atoms with Crippen LogP contribution in [0.2, 0.25) is 0 Å². The number of nitrogens with zero attached hydrogens (tertiary/aromatic N) is 1. The second-order valence-corrected chi connectivity index (χ2v) is 6.52. The highest BCUT2D eigenvalue weighted by atomic mass is 16.2. The first-order valence-electron chi connectivity index (χ1n) is 9.38. The number of unbranched alkanes of at least 4 members (excludes halogenated alkanes) is 1. The Morgan fingerprint density at radius 2 is 1.68 bits per heavy atom. The summed E-state index contributed by atoms with van der Waals surface area (Å²) in [4.78, 5) is 24.0. The van der Waals surface area contributed by atoms with Gasteiger partial charge in [0, 0.05) is 11.3 Å². The van der Waals surface area contributed by atoms with Crippen LogP contribution in [-0.4, -0.2) is 18.0 Å². The van der Waals surface area contributed by atoms with Crippen LogP contribution in [0, 0.1) is 0 Å². The molecule has 0 saturated carbocycles. The van der Waals surface area contributed by atoms with Crippen LogP contribution in [0.3, 0.4) is 0 Å². The molecule has 0 aliphatic carbocycles. The van der Waals surface area contributed by atoms with Crippen LogP contribution in [0.1, 0.15) is 30.9 Å². The van der Waals surface area contributed by atoms with E-state index in [0.717, 1.165) is 35.6 Å². The molecule has 0 unspecified atom stereocenters. The Kier molecular flexibility index (Phi) is 6.52. The smallest absolute Gasteiger partial charge is 0.318 e. The molecule has 3 rings (SSSR count). The fraction of sp³-hybridized carbons (Fsp3) is 0.174. The second-order valence-electron chi connectivity index (χ2n) is 6.52. The van der Waals surface area contributed by atoms with E-state index in [1.807, 2.05) is 54.6 Å². The predicted molar refractivity (Wildman–Crippen MR) is 113 cm³/mol. The maximum atomic E-state index is 12.0. The van der Waals surface area contributed by atoms with Crippen LogP contribution in [0.4, 0.5) is 5.69 Å². The zero-order chi connectivity index (χ0) is 19.8. The minimum absolute atomic E-state index is 0.582. The van der Waals surface area contributed by atoms with Crippen molar-refractivity contribution in [3.8, 4) is 0 Å². The van der Waals surface area contributed by atoms with Gasteiger partial charge in [0.15, 0.2) is 0 Å². The van der Waals surface area contributed by atoms with Crippen molar-refractivity contribution < 1.29 is 9.59 Å². The molecule has 5 heteroatoms. The van der Waals surface area contributed by atoms with Crippen LogP contribution < -0.4 is 10.7 Å². The quantitative estimate of drug-likeness (QED) is 0.385. The van der Waals surface area contributed by atoms with E-state index in [2.05, 4.69) is 22.8 Å². The zero-order valence-corrected chi connectivity index (χ0v) is 15.8. The van der Waals surface area contributed by atoms with E-state index in [4.69, 9.17) is 0 Å². The Morgan fingerprint density at radius 3 is 2.46 bits per heavy atom. The van der Waals surface area contributed by atoms with E-state index in [9.17, 15) is 9.59 Å². The van der Waals surface area contributed by atoms with Gasteiger partial charge in [0.1, 0.15) is 0 Å². The van der Waals surface area contributed by atoms with Crippen molar-refractivity contribution >= 4 is 34.5 Å². The summed E-state index contributed by atoms with van der Waals surface area (Å²) >= 11 is 0. The number of aryl methyl sites for hydroxylation is 1. The maximum Gasteiger partial charge on any atom is 0.329 e. The second kappa shape index (κ2) is 9.46. The average molecular weight is 373 g/mol. The molecule has 0 aliphatic heterocycles. The largest absolute Gasteiger partial charge is 0.329 e. The van der Waals surface area contributed by atoms with Crippen molar-refractivity contribution in [2.24, 2.45) is 5.10 Å². The molecule has 0 spiro atoms. The lowest BCUT2D eigenvalue weighted by Gasteiger charge is -2.06. The molecule has 0 aromatic heterocycles. The summed E-state index contributed by atoms with van der Waals surface area (Å²) in [7, 11) is 0. The lowest BCUT2D eigenvalue weighted by atomic mass is 10.1. The van der Waals surface area contributed by atoms with Gasteiger partial charge in [-0.05, 0) is 41.3 Å². The molecule has 3 aromatic carbocycles. The first kappa shape index (κ1) is 19.3. The average Bonchev–Trinajstić information content (AvgIpc) is 2.73. The summed E-state index contributed by atoms with van der Waals surface area (Å²) in [5, 5.41) is 8.60. The van der Waals surface area contributed by atoms with Gasteiger partial charge in [0.05, 0.1) is 6.21 Å². The minimum atomic E-state index is -0.813. The van der Waals surface area contributed by atoms with E-state index in [-0.39, 0.29) is 0 Å². The number of anilines is 1. The molecule has 0 atom stereocenters. The highest BCUT2D eigenvalue weighted by Crippen LogP contribution is 2.16. The third-order valence-electron chi connectivity index (χ3n) is 4.43. The van der Waals surface area contributed by atoms with Crippen LogP contribution in [0.15, 0.2) is 71.8 Å². The van der Waals surface area contributed by atoms with Crippen LogP contribution in [-0.2, 0) is 16.0 Å². The molecule has 2 amide bonds. The monoisotopic (exact) mass is 373 g/mol. The van der Waals surface area contributed by atoms with Gasteiger partial charge < -0.3 is 5.32 Å². The van der Waals surface area contributed by atoms with Gasteiger partial charge in [-0.25, -0.2) is 5.43 Å². The van der Waals surface area contributed by atoms with Crippen LogP contribution in [0.25, 0.3) is 10.8 Å². The summed E-state index contributed by atoms with van der Waals surface area (Å²) in [5.74, 6) is -1.57. The summed E-state index contributed by atoms with van der Waals surface area (Å²) in [6.07, 6.45) is 4.81. The summed E-state index contributed by atoms with van der Waals surface area (Å²) in [6.45, 7) is 2.15. The van der Waals surface area contributed by atoms with Crippen molar-refractivity contribution in [3.63, 3.8) is 0 Å². The van der Waals surface area contributed by atoms with Crippen molar-refractivity contribution in [2.45, 2.75) is 26.2 Å². The van der Waals surface area contributed by atoms with Gasteiger partial charge >= 0.3 is 11.8 Å². The van der Waals surface area contributed by atoms with E-state index in [0.29, 0.717) is 5.69 Å². The molecule has 142 valence electrons. The van der Waals surface area contributed by atoms with Gasteiger partial charge in [0.25, 0.3) is 0 Å². The summed E-state index contributed by atoms with van der Waals surface area (Å²) < 4.78 is 0. The number of carbonyl (C=O) groups excluding carboxylic acids is 2. The first-order valence-corrected chi connectivity index (χ1v) is 9.38. The zero-order valence-electron chi connectivity index (χ0n) is 15.8. The SMILES string of the molecule is CCCCc1ccc(NC(=O)C(=O)N/N=C/c2cccc3ccccc23)cc1. The Hall–Kier alpha value is -3.47. The lowest BCUT2D eigenvalue weighted by molar-refractivity contribution is -0.136. The highest BCUT2D eigenvalue weighted by molar-refractivity contribution is 6.39. The van der Waals surface area contributed by atoms with Crippen LogP contribution in [0.5, 0.6) is 0 Å². The molecule has 0 fully saturated rings. The van der Waals surface area contributed by atoms with Gasteiger partial charge in [0.2, 0.25) is 0 Å². The number of amides is 2. The number of benzene rings is 3. The van der Waals surface area contributed by atoms with Crippen molar-refractivity contribution in [1.29, 1.82) is 0 Å². The molecule has 0 saturated heterocycles. The number of hydrogen-bond acceptors (Lipinski definition) is 3. The van der Waals surface area contributed by atoms with Gasteiger partial charge in [-0.3, -0.25) is 9.59 Å². The molecule has 5 nitrogen and oxygen atoms in total. The lowest BCUT2D eigenvalue weighted by Crippen LogP contribution is -2.32. The van der Waals surface area contributed by atoms with Crippen molar-refractivity contribution in [1.82, 2.24) is 5.43 Å². The summed E-state index contributed by atoms with van der Waals surface area (Å²) in [6, 6.07) is 21.2. The molecule has 3 aromatic rings. The Balaban J connectivity index is 1.57. The number of nitrogens with one attached hydrogen (secondary N) is 2. The molecule has 28 heavy (non-hydrogen) atoms. The van der Waals surface area contributed by atoms with Crippen molar-refractivity contribution in [3.05, 3.63) is 77.9 Å². The first-order chi connectivity index (χ1) is 13.7. The van der Waals surface area contributed by atoms with Gasteiger partial charge in [-0.15, -0.1) is 0 Å². The fourth-order valence-corrected chi connectivity index (χ4v) is 2.90. The number of hydrogen-bond donors (Lipinski definition) is 2.